The van der Waals surface area contributed by atoms with Crippen molar-refractivity contribution >= 4 is 22.4 Å². The molecule has 19 heavy (non-hydrogen) atoms. The molecule has 2 unspecified atom stereocenters. The second-order valence-electron chi connectivity index (χ2n) is 4.62. The Kier molecular flexibility index (Phi) is 6.56. The van der Waals surface area contributed by atoms with Gasteiger partial charge in [-0.1, -0.05) is 6.92 Å². The van der Waals surface area contributed by atoms with Gasteiger partial charge in [0.15, 0.2) is 0 Å². The van der Waals surface area contributed by atoms with Gasteiger partial charge in [0.25, 0.3) is 5.91 Å². The van der Waals surface area contributed by atoms with Gasteiger partial charge in [-0.05, 0) is 37.6 Å². The highest BCUT2D eigenvalue weighted by molar-refractivity contribution is 7.84. The Hall–Kier alpha value is -1.36. The molecular weight excluding hydrogens is 260 g/mol. The first-order valence-electron chi connectivity index (χ1n) is 6.47. The van der Waals surface area contributed by atoms with Crippen LogP contribution in [0.2, 0.25) is 0 Å². The Bertz CT molecular complexity index is 432. The maximum atomic E-state index is 11.9. The summed E-state index contributed by atoms with van der Waals surface area (Å²) in [6.07, 6.45) is 2.70. The van der Waals surface area contributed by atoms with Gasteiger partial charge < -0.3 is 10.6 Å². The summed E-state index contributed by atoms with van der Waals surface area (Å²) in [5, 5.41) is 6.09. The average Bonchev–Trinajstić information content (AvgIpc) is 2.35. The van der Waals surface area contributed by atoms with E-state index in [4.69, 9.17) is 0 Å². The highest BCUT2D eigenvalue weighted by Crippen LogP contribution is 2.09. The standard InChI is InChI=1S/C14H22N2O2S/c1-4-9-15-13-7-5-12(6-8-13)14(17)16-11(2)10-19(3)18/h5-8,11,15H,4,9-10H2,1-3H3,(H,16,17). The minimum atomic E-state index is -0.901. The van der Waals surface area contributed by atoms with E-state index in [1.807, 2.05) is 19.1 Å². The van der Waals surface area contributed by atoms with Crippen LogP contribution in [0.15, 0.2) is 24.3 Å². The summed E-state index contributed by atoms with van der Waals surface area (Å²) in [7, 11) is -0.901. The van der Waals surface area contributed by atoms with Gasteiger partial charge in [0.2, 0.25) is 0 Å². The molecule has 1 aromatic carbocycles. The van der Waals surface area contributed by atoms with Crippen molar-refractivity contribution in [3.63, 3.8) is 0 Å². The van der Waals surface area contributed by atoms with E-state index in [9.17, 15) is 9.00 Å². The van der Waals surface area contributed by atoms with Crippen molar-refractivity contribution in [3.8, 4) is 0 Å². The predicted molar refractivity (Wildman–Crippen MR) is 81.1 cm³/mol. The Balaban J connectivity index is 2.55. The first-order chi connectivity index (χ1) is 9.02. The quantitative estimate of drug-likeness (QED) is 0.804. The molecule has 0 saturated carbocycles. The third-order valence-electron chi connectivity index (χ3n) is 2.59. The Morgan fingerprint density at radius 3 is 2.47 bits per heavy atom. The van der Waals surface area contributed by atoms with Gasteiger partial charge in [-0.2, -0.15) is 0 Å². The van der Waals surface area contributed by atoms with E-state index in [2.05, 4.69) is 17.6 Å². The molecule has 0 radical (unpaired) electrons. The van der Waals surface area contributed by atoms with Gasteiger partial charge in [-0.15, -0.1) is 0 Å². The summed E-state index contributed by atoms with van der Waals surface area (Å²) in [5.41, 5.74) is 1.64. The van der Waals surface area contributed by atoms with Crippen molar-refractivity contribution in [3.05, 3.63) is 29.8 Å². The molecule has 1 aromatic rings. The zero-order valence-electron chi connectivity index (χ0n) is 11.7. The zero-order valence-corrected chi connectivity index (χ0v) is 12.5. The van der Waals surface area contributed by atoms with Crippen molar-refractivity contribution in [2.24, 2.45) is 0 Å². The van der Waals surface area contributed by atoms with Crippen LogP contribution >= 0.6 is 0 Å². The van der Waals surface area contributed by atoms with Gasteiger partial charge in [-0.3, -0.25) is 9.00 Å². The molecule has 0 aliphatic heterocycles. The summed E-state index contributed by atoms with van der Waals surface area (Å²) in [6.45, 7) is 4.88. The monoisotopic (exact) mass is 282 g/mol. The van der Waals surface area contributed by atoms with Crippen LogP contribution in [0.4, 0.5) is 5.69 Å². The van der Waals surface area contributed by atoms with Crippen LogP contribution in [0.3, 0.4) is 0 Å². The molecule has 4 nitrogen and oxygen atoms in total. The molecule has 0 aliphatic rings. The Labute approximate surface area is 117 Å². The number of anilines is 1. The number of benzene rings is 1. The Morgan fingerprint density at radius 2 is 1.95 bits per heavy atom. The van der Waals surface area contributed by atoms with Gasteiger partial charge in [0.05, 0.1) is 0 Å². The maximum absolute atomic E-state index is 11.9. The number of amides is 1. The summed E-state index contributed by atoms with van der Waals surface area (Å²) in [6, 6.07) is 7.29. The lowest BCUT2D eigenvalue weighted by Gasteiger charge is -2.12. The number of carbonyl (C=O) groups excluding carboxylic acids is 1. The van der Waals surface area contributed by atoms with Crippen LogP contribution in [0.5, 0.6) is 0 Å². The molecule has 0 saturated heterocycles. The summed E-state index contributed by atoms with van der Waals surface area (Å²) < 4.78 is 11.1. The van der Waals surface area contributed by atoms with E-state index < -0.39 is 10.8 Å². The fourth-order valence-corrected chi connectivity index (χ4v) is 2.50. The molecule has 2 N–H and O–H groups in total. The first kappa shape index (κ1) is 15.7. The summed E-state index contributed by atoms with van der Waals surface area (Å²) >= 11 is 0. The topological polar surface area (TPSA) is 58.2 Å². The van der Waals surface area contributed by atoms with E-state index in [1.165, 1.54) is 0 Å². The van der Waals surface area contributed by atoms with Gasteiger partial charge in [0.1, 0.15) is 0 Å². The molecule has 106 valence electrons. The average molecular weight is 282 g/mol. The van der Waals surface area contributed by atoms with E-state index in [0.29, 0.717) is 11.3 Å². The fourth-order valence-electron chi connectivity index (χ4n) is 1.71. The molecule has 0 spiro atoms. The van der Waals surface area contributed by atoms with Crippen LogP contribution < -0.4 is 10.6 Å². The van der Waals surface area contributed by atoms with Crippen molar-refractivity contribution in [1.29, 1.82) is 0 Å². The fraction of sp³-hybridized carbons (Fsp3) is 0.500. The number of rotatable bonds is 7. The van der Waals surface area contributed by atoms with Crippen LogP contribution in [-0.2, 0) is 10.8 Å². The van der Waals surface area contributed by atoms with Gasteiger partial charge in [0, 0.05) is 46.6 Å². The van der Waals surface area contributed by atoms with E-state index >= 15 is 0 Å². The molecule has 5 heteroatoms. The number of carbonyl (C=O) groups is 1. The molecule has 0 bridgehead atoms. The lowest BCUT2D eigenvalue weighted by molar-refractivity contribution is 0.0943. The minimum absolute atomic E-state index is 0.0868. The molecule has 1 rings (SSSR count). The lowest BCUT2D eigenvalue weighted by atomic mass is 10.2. The van der Waals surface area contributed by atoms with Crippen molar-refractivity contribution in [1.82, 2.24) is 5.32 Å². The van der Waals surface area contributed by atoms with E-state index in [0.717, 1.165) is 18.7 Å². The number of hydrogen-bond acceptors (Lipinski definition) is 3. The van der Waals surface area contributed by atoms with E-state index in [1.54, 1.807) is 18.4 Å². The number of nitrogens with one attached hydrogen (secondary N) is 2. The van der Waals surface area contributed by atoms with E-state index in [-0.39, 0.29) is 11.9 Å². The smallest absolute Gasteiger partial charge is 0.251 e. The second-order valence-corrected chi connectivity index (χ2v) is 6.10. The number of hydrogen-bond donors (Lipinski definition) is 2. The van der Waals surface area contributed by atoms with Crippen molar-refractivity contribution in [2.75, 3.05) is 23.9 Å². The molecule has 0 aliphatic carbocycles. The lowest BCUT2D eigenvalue weighted by Crippen LogP contribution is -2.36. The maximum Gasteiger partial charge on any atom is 0.251 e. The van der Waals surface area contributed by atoms with Crippen molar-refractivity contribution < 1.29 is 9.00 Å². The van der Waals surface area contributed by atoms with Gasteiger partial charge in [-0.25, -0.2) is 0 Å². The van der Waals surface area contributed by atoms with Crippen LogP contribution in [0, 0.1) is 0 Å². The molecular formula is C14H22N2O2S. The summed E-state index contributed by atoms with van der Waals surface area (Å²) in [5.74, 6) is 0.349. The zero-order chi connectivity index (χ0) is 14.3. The van der Waals surface area contributed by atoms with Crippen LogP contribution in [0.1, 0.15) is 30.6 Å². The predicted octanol–water partition coefficient (Wildman–Crippen LogP) is 2.01. The molecule has 0 aromatic heterocycles. The second kappa shape index (κ2) is 7.94. The first-order valence-corrected chi connectivity index (χ1v) is 8.20. The molecule has 0 heterocycles. The minimum Gasteiger partial charge on any atom is -0.385 e. The van der Waals surface area contributed by atoms with Crippen molar-refractivity contribution in [2.45, 2.75) is 26.3 Å². The SMILES string of the molecule is CCCNc1ccc(C(=O)NC(C)CS(C)=O)cc1. The van der Waals surface area contributed by atoms with Crippen LogP contribution in [0.25, 0.3) is 0 Å². The van der Waals surface area contributed by atoms with Gasteiger partial charge >= 0.3 is 0 Å². The largest absolute Gasteiger partial charge is 0.385 e. The normalized spacial score (nSPS) is 13.6. The highest BCUT2D eigenvalue weighted by Gasteiger charge is 2.10. The molecule has 0 fully saturated rings. The molecule has 2 atom stereocenters. The third kappa shape index (κ3) is 5.87. The Morgan fingerprint density at radius 1 is 1.32 bits per heavy atom. The summed E-state index contributed by atoms with van der Waals surface area (Å²) in [4.78, 5) is 11.9. The highest BCUT2D eigenvalue weighted by atomic mass is 32.2. The molecule has 1 amide bonds. The third-order valence-corrected chi connectivity index (χ3v) is 3.56. The van der Waals surface area contributed by atoms with Crippen LogP contribution in [-0.4, -0.2) is 34.7 Å².